The van der Waals surface area contributed by atoms with E-state index in [9.17, 15) is 18.0 Å². The molecule has 3 aromatic carbocycles. The van der Waals surface area contributed by atoms with Gasteiger partial charge < -0.3 is 19.7 Å². The Balaban J connectivity index is 1.40. The summed E-state index contributed by atoms with van der Waals surface area (Å²) >= 11 is 0. The zero-order valence-corrected chi connectivity index (χ0v) is 18.3. The molecular weight excluding hydrogens is 461 g/mol. The van der Waals surface area contributed by atoms with Crippen LogP contribution in [0.3, 0.4) is 0 Å². The third-order valence-electron chi connectivity index (χ3n) is 5.40. The molecule has 0 radical (unpaired) electrons. The molecule has 2 heterocycles. The smallest absolute Gasteiger partial charge is 0.255 e. The highest BCUT2D eigenvalue weighted by Crippen LogP contribution is 2.31. The van der Waals surface area contributed by atoms with Gasteiger partial charge in [0.1, 0.15) is 17.4 Å². The summed E-state index contributed by atoms with van der Waals surface area (Å²) in [5.41, 5.74) is 1.10. The highest BCUT2D eigenvalue weighted by molar-refractivity contribution is 6.04. The van der Waals surface area contributed by atoms with Gasteiger partial charge in [0, 0.05) is 42.5 Å². The molecule has 0 spiro atoms. The molecule has 1 aliphatic heterocycles. The van der Waals surface area contributed by atoms with E-state index in [1.165, 1.54) is 18.2 Å². The molecule has 0 aliphatic carbocycles. The summed E-state index contributed by atoms with van der Waals surface area (Å²) in [6.45, 7) is 2.57. The van der Waals surface area contributed by atoms with Gasteiger partial charge in [0.2, 0.25) is 5.82 Å². The average molecular weight is 480 g/mol. The van der Waals surface area contributed by atoms with Gasteiger partial charge in [0.25, 0.3) is 5.91 Å². The number of ether oxygens (including phenoxy) is 2. The second-order valence-electron chi connectivity index (χ2n) is 7.81. The van der Waals surface area contributed by atoms with Gasteiger partial charge in [0.15, 0.2) is 11.6 Å². The number of halogens is 3. The standard InChI is InChI=1S/C25H19F3N4O3/c26-16-3-1-2-15(10-16)25(33)30-17-11-19(27)24(28)22(12-17)35-18-4-5-20-21(13-18)31-23(14-29-20)32-6-8-34-9-7-32/h1-5,10-14H,6-9H2,(H,30,33). The minimum atomic E-state index is -1.22. The first-order valence-corrected chi connectivity index (χ1v) is 10.8. The van der Waals surface area contributed by atoms with Gasteiger partial charge in [-0.15, -0.1) is 0 Å². The Labute approximate surface area is 198 Å². The first-order chi connectivity index (χ1) is 17.0. The van der Waals surface area contributed by atoms with Gasteiger partial charge in [-0.2, -0.15) is 4.39 Å². The third-order valence-corrected chi connectivity index (χ3v) is 5.40. The Bertz CT molecular complexity index is 1410. The second kappa shape index (κ2) is 9.59. The number of fused-ring (bicyclic) bond motifs is 1. The highest BCUT2D eigenvalue weighted by Gasteiger charge is 2.17. The van der Waals surface area contributed by atoms with Crippen molar-refractivity contribution in [3.63, 3.8) is 0 Å². The molecule has 0 atom stereocenters. The van der Waals surface area contributed by atoms with Crippen molar-refractivity contribution in [1.82, 2.24) is 9.97 Å². The Morgan fingerprint density at radius 2 is 1.83 bits per heavy atom. The van der Waals surface area contributed by atoms with Crippen LogP contribution in [0.15, 0.2) is 60.8 Å². The van der Waals surface area contributed by atoms with Gasteiger partial charge in [-0.3, -0.25) is 9.78 Å². The molecule has 0 unspecified atom stereocenters. The number of carbonyl (C=O) groups excluding carboxylic acids is 1. The fraction of sp³-hybridized carbons (Fsp3) is 0.160. The summed E-state index contributed by atoms with van der Waals surface area (Å²) in [7, 11) is 0. The van der Waals surface area contributed by atoms with E-state index in [4.69, 9.17) is 9.47 Å². The Morgan fingerprint density at radius 3 is 2.63 bits per heavy atom. The molecular formula is C25H19F3N4O3. The lowest BCUT2D eigenvalue weighted by atomic mass is 10.2. The molecule has 5 rings (SSSR count). The number of anilines is 2. The third kappa shape index (κ3) is 5.02. The van der Waals surface area contributed by atoms with E-state index in [1.54, 1.807) is 24.4 Å². The number of benzene rings is 3. The summed E-state index contributed by atoms with van der Waals surface area (Å²) in [6.07, 6.45) is 1.67. The van der Waals surface area contributed by atoms with Crippen LogP contribution >= 0.6 is 0 Å². The van der Waals surface area contributed by atoms with Crippen LogP contribution in [0, 0.1) is 17.5 Å². The van der Waals surface area contributed by atoms with Crippen LogP contribution in [0.4, 0.5) is 24.7 Å². The Kier molecular flexibility index (Phi) is 6.19. The van der Waals surface area contributed by atoms with Crippen molar-refractivity contribution in [3.8, 4) is 11.5 Å². The Hall–Kier alpha value is -4.18. The predicted molar refractivity (Wildman–Crippen MR) is 123 cm³/mol. The number of nitrogens with zero attached hydrogens (tertiary/aromatic N) is 3. The minimum Gasteiger partial charge on any atom is -0.454 e. The highest BCUT2D eigenvalue weighted by atomic mass is 19.2. The minimum absolute atomic E-state index is 0.0291. The lowest BCUT2D eigenvalue weighted by molar-refractivity contribution is 0.102. The van der Waals surface area contributed by atoms with Crippen molar-refractivity contribution in [2.75, 3.05) is 36.5 Å². The van der Waals surface area contributed by atoms with Crippen LogP contribution in [-0.2, 0) is 4.74 Å². The van der Waals surface area contributed by atoms with E-state index in [-0.39, 0.29) is 17.0 Å². The first kappa shape index (κ1) is 22.6. The van der Waals surface area contributed by atoms with Crippen molar-refractivity contribution in [3.05, 3.63) is 83.8 Å². The molecule has 1 aliphatic rings. The molecule has 0 bridgehead atoms. The fourth-order valence-electron chi connectivity index (χ4n) is 3.66. The summed E-state index contributed by atoms with van der Waals surface area (Å²) in [5.74, 6) is -3.26. The number of aromatic nitrogens is 2. The van der Waals surface area contributed by atoms with Crippen LogP contribution in [0.25, 0.3) is 11.0 Å². The molecule has 35 heavy (non-hydrogen) atoms. The largest absolute Gasteiger partial charge is 0.454 e. The quantitative estimate of drug-likeness (QED) is 0.437. The summed E-state index contributed by atoms with van der Waals surface area (Å²) in [6, 6.07) is 11.8. The zero-order chi connectivity index (χ0) is 24.4. The number of amides is 1. The number of hydrogen-bond donors (Lipinski definition) is 1. The maximum absolute atomic E-state index is 14.5. The topological polar surface area (TPSA) is 76.6 Å². The molecule has 1 aromatic heterocycles. The van der Waals surface area contributed by atoms with E-state index in [0.717, 1.165) is 18.2 Å². The van der Waals surface area contributed by atoms with Crippen LogP contribution in [-0.4, -0.2) is 42.2 Å². The van der Waals surface area contributed by atoms with E-state index in [0.29, 0.717) is 43.2 Å². The van der Waals surface area contributed by atoms with Crippen molar-refractivity contribution < 1.29 is 27.4 Å². The normalized spacial score (nSPS) is 13.6. The molecule has 1 saturated heterocycles. The van der Waals surface area contributed by atoms with Crippen LogP contribution in [0.1, 0.15) is 10.4 Å². The predicted octanol–water partition coefficient (Wildman–Crippen LogP) is 4.93. The summed E-state index contributed by atoms with van der Waals surface area (Å²) in [5, 5.41) is 2.42. The van der Waals surface area contributed by atoms with Gasteiger partial charge in [0.05, 0.1) is 30.4 Å². The average Bonchev–Trinajstić information content (AvgIpc) is 2.87. The number of rotatable bonds is 5. The second-order valence-corrected chi connectivity index (χ2v) is 7.81. The van der Waals surface area contributed by atoms with Crippen molar-refractivity contribution in [1.29, 1.82) is 0 Å². The number of hydrogen-bond acceptors (Lipinski definition) is 6. The van der Waals surface area contributed by atoms with Crippen LogP contribution in [0.5, 0.6) is 11.5 Å². The van der Waals surface area contributed by atoms with Crippen LogP contribution < -0.4 is 15.0 Å². The number of nitrogens with one attached hydrogen (secondary N) is 1. The first-order valence-electron chi connectivity index (χ1n) is 10.8. The maximum atomic E-state index is 14.5. The van der Waals surface area contributed by atoms with E-state index < -0.39 is 29.1 Å². The van der Waals surface area contributed by atoms with Gasteiger partial charge in [-0.1, -0.05) is 6.07 Å². The lowest BCUT2D eigenvalue weighted by Gasteiger charge is -2.27. The molecule has 1 amide bonds. The summed E-state index contributed by atoms with van der Waals surface area (Å²) in [4.78, 5) is 23.4. The number of carbonyl (C=O) groups is 1. The maximum Gasteiger partial charge on any atom is 0.255 e. The SMILES string of the molecule is O=C(Nc1cc(F)c(F)c(Oc2ccc3ncc(N4CCOCC4)nc3c2)c1)c1cccc(F)c1. The van der Waals surface area contributed by atoms with E-state index in [1.807, 2.05) is 4.90 Å². The number of morpholine rings is 1. The van der Waals surface area contributed by atoms with Crippen molar-refractivity contribution in [2.24, 2.45) is 0 Å². The molecule has 10 heteroatoms. The summed E-state index contributed by atoms with van der Waals surface area (Å²) < 4.78 is 53.1. The monoisotopic (exact) mass is 480 g/mol. The lowest BCUT2D eigenvalue weighted by Crippen LogP contribution is -2.36. The molecule has 1 fully saturated rings. The van der Waals surface area contributed by atoms with Gasteiger partial charge in [-0.25, -0.2) is 13.8 Å². The van der Waals surface area contributed by atoms with Crippen LogP contribution in [0.2, 0.25) is 0 Å². The molecule has 4 aromatic rings. The van der Waals surface area contributed by atoms with Gasteiger partial charge >= 0.3 is 0 Å². The molecule has 7 nitrogen and oxygen atoms in total. The molecule has 178 valence electrons. The fourth-order valence-corrected chi connectivity index (χ4v) is 3.66. The zero-order valence-electron chi connectivity index (χ0n) is 18.3. The molecule has 1 N–H and O–H groups in total. The van der Waals surface area contributed by atoms with Gasteiger partial charge in [-0.05, 0) is 30.3 Å². The van der Waals surface area contributed by atoms with Crippen molar-refractivity contribution >= 4 is 28.4 Å². The van der Waals surface area contributed by atoms with E-state index >= 15 is 0 Å². The Morgan fingerprint density at radius 1 is 1.00 bits per heavy atom. The molecule has 0 saturated carbocycles. The van der Waals surface area contributed by atoms with Crippen molar-refractivity contribution in [2.45, 2.75) is 0 Å². The van der Waals surface area contributed by atoms with E-state index in [2.05, 4.69) is 15.3 Å².